The van der Waals surface area contributed by atoms with Gasteiger partial charge in [0.15, 0.2) is 11.6 Å². The average molecular weight is 273 g/mol. The minimum Gasteiger partial charge on any atom is -0.486 e. The molecule has 0 aliphatic carbocycles. The van der Waals surface area contributed by atoms with E-state index in [1.165, 1.54) is 11.6 Å². The Morgan fingerprint density at radius 3 is 2.25 bits per heavy atom. The van der Waals surface area contributed by atoms with E-state index in [1.807, 2.05) is 12.1 Å². The number of benzene rings is 2. The molecule has 2 N–H and O–H groups in total. The van der Waals surface area contributed by atoms with E-state index in [0.29, 0.717) is 19.1 Å². The fourth-order valence-electron chi connectivity index (χ4n) is 1.95. The van der Waals surface area contributed by atoms with Gasteiger partial charge in [-0.2, -0.15) is 0 Å². The van der Waals surface area contributed by atoms with Crippen LogP contribution in [0.5, 0.6) is 5.75 Å². The highest BCUT2D eigenvalue weighted by Gasteiger charge is 2.05. The normalized spacial score (nSPS) is 10.8. The van der Waals surface area contributed by atoms with Gasteiger partial charge in [-0.3, -0.25) is 0 Å². The van der Waals surface area contributed by atoms with Crippen molar-refractivity contribution in [3.05, 3.63) is 65.0 Å². The van der Waals surface area contributed by atoms with E-state index < -0.39 is 0 Å². The van der Waals surface area contributed by atoms with Crippen LogP contribution in [0.15, 0.2) is 42.5 Å². The molecule has 0 spiro atoms. The van der Waals surface area contributed by atoms with Crippen molar-refractivity contribution in [2.75, 3.05) is 0 Å². The molecule has 0 aliphatic rings. The van der Waals surface area contributed by atoms with Gasteiger partial charge in [-0.1, -0.05) is 44.2 Å². The molecular formula is C17H20FNO. The molecular weight excluding hydrogens is 253 g/mol. The van der Waals surface area contributed by atoms with Crippen LogP contribution in [0, 0.1) is 5.82 Å². The Hall–Kier alpha value is -1.87. The molecule has 2 aromatic rings. The highest BCUT2D eigenvalue weighted by atomic mass is 19.1. The van der Waals surface area contributed by atoms with Gasteiger partial charge in [-0.05, 0) is 34.7 Å². The molecule has 2 aromatic carbocycles. The Morgan fingerprint density at radius 1 is 1.05 bits per heavy atom. The van der Waals surface area contributed by atoms with E-state index in [0.717, 1.165) is 11.1 Å². The van der Waals surface area contributed by atoms with E-state index >= 15 is 0 Å². The predicted octanol–water partition coefficient (Wildman–Crippen LogP) is 3.99. The van der Waals surface area contributed by atoms with Gasteiger partial charge in [0.1, 0.15) is 6.61 Å². The topological polar surface area (TPSA) is 35.2 Å². The summed E-state index contributed by atoms with van der Waals surface area (Å²) in [6.45, 7) is 4.99. The maximum atomic E-state index is 13.7. The minimum atomic E-state index is -0.369. The van der Waals surface area contributed by atoms with Crippen LogP contribution in [0.1, 0.15) is 36.5 Å². The number of ether oxygens (including phenoxy) is 1. The SMILES string of the molecule is CC(C)c1ccc(COc2ccc(CN)cc2F)cc1. The van der Waals surface area contributed by atoms with E-state index in [-0.39, 0.29) is 11.6 Å². The predicted molar refractivity (Wildman–Crippen MR) is 79.2 cm³/mol. The number of rotatable bonds is 5. The molecule has 0 bridgehead atoms. The van der Waals surface area contributed by atoms with Gasteiger partial charge in [-0.25, -0.2) is 4.39 Å². The van der Waals surface area contributed by atoms with E-state index in [4.69, 9.17) is 10.5 Å². The van der Waals surface area contributed by atoms with Crippen LogP contribution in [-0.2, 0) is 13.2 Å². The molecule has 0 heterocycles. The summed E-state index contributed by atoms with van der Waals surface area (Å²) in [7, 11) is 0. The zero-order chi connectivity index (χ0) is 14.5. The average Bonchev–Trinajstić information content (AvgIpc) is 2.46. The van der Waals surface area contributed by atoms with Crippen LogP contribution >= 0.6 is 0 Å². The summed E-state index contributed by atoms with van der Waals surface area (Å²) in [4.78, 5) is 0. The molecule has 2 rings (SSSR count). The second-order valence-electron chi connectivity index (χ2n) is 5.15. The molecule has 0 saturated heterocycles. The fourth-order valence-corrected chi connectivity index (χ4v) is 1.95. The summed E-state index contributed by atoms with van der Waals surface area (Å²) in [6.07, 6.45) is 0. The Labute approximate surface area is 119 Å². The Bertz CT molecular complexity index is 564. The van der Waals surface area contributed by atoms with Crippen molar-refractivity contribution in [1.29, 1.82) is 0 Å². The Morgan fingerprint density at radius 2 is 1.70 bits per heavy atom. The monoisotopic (exact) mass is 273 g/mol. The molecule has 0 unspecified atom stereocenters. The molecule has 20 heavy (non-hydrogen) atoms. The lowest BCUT2D eigenvalue weighted by Gasteiger charge is -2.10. The molecule has 0 radical (unpaired) electrons. The number of halogens is 1. The number of nitrogens with two attached hydrogens (primary N) is 1. The fraction of sp³-hybridized carbons (Fsp3) is 0.294. The summed E-state index contributed by atoms with van der Waals surface area (Å²) in [6, 6.07) is 13.0. The van der Waals surface area contributed by atoms with Crippen LogP contribution in [-0.4, -0.2) is 0 Å². The quantitative estimate of drug-likeness (QED) is 0.894. The van der Waals surface area contributed by atoms with Crippen molar-refractivity contribution in [2.45, 2.75) is 32.9 Å². The lowest BCUT2D eigenvalue weighted by atomic mass is 10.0. The van der Waals surface area contributed by atoms with Crippen molar-refractivity contribution < 1.29 is 9.13 Å². The van der Waals surface area contributed by atoms with Gasteiger partial charge in [-0.15, -0.1) is 0 Å². The van der Waals surface area contributed by atoms with Crippen molar-refractivity contribution in [3.63, 3.8) is 0 Å². The molecule has 106 valence electrons. The first kappa shape index (κ1) is 14.5. The highest BCUT2D eigenvalue weighted by molar-refractivity contribution is 5.30. The summed E-state index contributed by atoms with van der Waals surface area (Å²) in [5.41, 5.74) is 8.53. The van der Waals surface area contributed by atoms with Crippen molar-refractivity contribution in [3.8, 4) is 5.75 Å². The van der Waals surface area contributed by atoms with Crippen LogP contribution < -0.4 is 10.5 Å². The van der Waals surface area contributed by atoms with Gasteiger partial charge in [0, 0.05) is 6.54 Å². The third-order valence-electron chi connectivity index (χ3n) is 3.27. The number of hydrogen-bond acceptors (Lipinski definition) is 2. The first-order chi connectivity index (χ1) is 9.60. The molecule has 0 aliphatic heterocycles. The third-order valence-corrected chi connectivity index (χ3v) is 3.27. The van der Waals surface area contributed by atoms with Gasteiger partial charge in [0.05, 0.1) is 0 Å². The van der Waals surface area contributed by atoms with Crippen LogP contribution in [0.3, 0.4) is 0 Å². The standard InChI is InChI=1S/C17H20FNO/c1-12(2)15-6-3-13(4-7-15)11-20-17-8-5-14(10-19)9-16(17)18/h3-9,12H,10-11,19H2,1-2H3. The summed E-state index contributed by atoms with van der Waals surface area (Å²) < 4.78 is 19.2. The second-order valence-corrected chi connectivity index (χ2v) is 5.15. The molecule has 0 aromatic heterocycles. The van der Waals surface area contributed by atoms with E-state index in [9.17, 15) is 4.39 Å². The molecule has 0 amide bonds. The first-order valence-corrected chi connectivity index (χ1v) is 6.80. The molecule has 2 nitrogen and oxygen atoms in total. The number of hydrogen-bond donors (Lipinski definition) is 1. The lowest BCUT2D eigenvalue weighted by molar-refractivity contribution is 0.290. The van der Waals surface area contributed by atoms with Crippen LogP contribution in [0.4, 0.5) is 4.39 Å². The zero-order valence-electron chi connectivity index (χ0n) is 11.9. The lowest BCUT2D eigenvalue weighted by Crippen LogP contribution is -2.00. The third kappa shape index (κ3) is 3.58. The van der Waals surface area contributed by atoms with Crippen LogP contribution in [0.25, 0.3) is 0 Å². The maximum absolute atomic E-state index is 13.7. The smallest absolute Gasteiger partial charge is 0.165 e. The zero-order valence-corrected chi connectivity index (χ0v) is 11.9. The largest absolute Gasteiger partial charge is 0.486 e. The first-order valence-electron chi connectivity index (χ1n) is 6.80. The maximum Gasteiger partial charge on any atom is 0.165 e. The minimum absolute atomic E-state index is 0.259. The van der Waals surface area contributed by atoms with Gasteiger partial charge < -0.3 is 10.5 Å². The van der Waals surface area contributed by atoms with Crippen molar-refractivity contribution in [2.24, 2.45) is 5.73 Å². The van der Waals surface area contributed by atoms with Gasteiger partial charge in [0.25, 0.3) is 0 Å². The van der Waals surface area contributed by atoms with E-state index in [2.05, 4.69) is 26.0 Å². The molecule has 0 saturated carbocycles. The molecule has 3 heteroatoms. The second kappa shape index (κ2) is 6.53. The summed E-state index contributed by atoms with van der Waals surface area (Å²) >= 11 is 0. The van der Waals surface area contributed by atoms with Gasteiger partial charge in [0.2, 0.25) is 0 Å². The van der Waals surface area contributed by atoms with E-state index in [1.54, 1.807) is 12.1 Å². The molecule has 0 atom stereocenters. The van der Waals surface area contributed by atoms with Crippen molar-refractivity contribution >= 4 is 0 Å². The highest BCUT2D eigenvalue weighted by Crippen LogP contribution is 2.20. The van der Waals surface area contributed by atoms with Crippen LogP contribution in [0.2, 0.25) is 0 Å². The Kier molecular flexibility index (Phi) is 4.74. The molecule has 0 fully saturated rings. The summed E-state index contributed by atoms with van der Waals surface area (Å²) in [5.74, 6) is 0.396. The van der Waals surface area contributed by atoms with Crippen molar-refractivity contribution in [1.82, 2.24) is 0 Å². The summed E-state index contributed by atoms with van der Waals surface area (Å²) in [5, 5.41) is 0. The Balaban J connectivity index is 2.01. The van der Waals surface area contributed by atoms with Gasteiger partial charge >= 0.3 is 0 Å².